The first-order chi connectivity index (χ1) is 9.36. The molecule has 3 heteroatoms. The maximum Gasteiger partial charge on any atom is 0.0893 e. The molecule has 1 aliphatic rings. The molecular formula is C17H35ClN2. The molecule has 0 aromatic rings. The fraction of sp³-hybridized carbons (Fsp3) is 0.882. The first-order valence-electron chi connectivity index (χ1n) is 8.53. The lowest BCUT2D eigenvalue weighted by atomic mass is 10.1. The van der Waals surface area contributed by atoms with Crippen LogP contribution in [0.25, 0.3) is 0 Å². The van der Waals surface area contributed by atoms with Crippen molar-refractivity contribution in [1.82, 2.24) is 9.80 Å². The predicted molar refractivity (Wildman–Crippen MR) is 92.2 cm³/mol. The van der Waals surface area contributed by atoms with Crippen molar-refractivity contribution in [3.63, 3.8) is 0 Å². The fourth-order valence-electron chi connectivity index (χ4n) is 2.67. The first-order valence-corrected chi connectivity index (χ1v) is 8.53. The molecule has 0 aromatic heterocycles. The molecule has 0 unspecified atom stereocenters. The third-order valence-electron chi connectivity index (χ3n) is 4.06. The van der Waals surface area contributed by atoms with Crippen LogP contribution in [0.3, 0.4) is 0 Å². The maximum atomic E-state index is 2.44. The van der Waals surface area contributed by atoms with E-state index in [0.29, 0.717) is 0 Å². The van der Waals surface area contributed by atoms with E-state index in [4.69, 9.17) is 0 Å². The number of unbranched alkanes of at least 4 members (excludes halogenated alkanes) is 9. The number of halogens is 1. The van der Waals surface area contributed by atoms with Crippen LogP contribution in [-0.2, 0) is 0 Å². The zero-order valence-corrected chi connectivity index (χ0v) is 14.5. The number of hydrogen-bond donors (Lipinski definition) is 0. The van der Waals surface area contributed by atoms with Gasteiger partial charge in [0.1, 0.15) is 0 Å². The van der Waals surface area contributed by atoms with Crippen LogP contribution in [0.1, 0.15) is 78.1 Å². The van der Waals surface area contributed by atoms with Gasteiger partial charge in [-0.1, -0.05) is 64.7 Å². The van der Waals surface area contributed by atoms with Gasteiger partial charge in [-0.3, -0.25) is 0 Å². The fourth-order valence-corrected chi connectivity index (χ4v) is 2.67. The summed E-state index contributed by atoms with van der Waals surface area (Å²) in [7, 11) is 0. The Morgan fingerprint density at radius 1 is 0.700 bits per heavy atom. The molecule has 20 heavy (non-hydrogen) atoms. The first kappa shape index (κ1) is 19.6. The van der Waals surface area contributed by atoms with Crippen LogP contribution in [0.2, 0.25) is 0 Å². The van der Waals surface area contributed by atoms with Crippen LogP contribution in [0.5, 0.6) is 0 Å². The normalized spacial score (nSPS) is 13.9. The summed E-state index contributed by atoms with van der Waals surface area (Å²) in [4.78, 5) is 4.80. The Balaban J connectivity index is 0.00000361. The van der Waals surface area contributed by atoms with Crippen LogP contribution < -0.4 is 0 Å². The maximum absolute atomic E-state index is 2.44. The van der Waals surface area contributed by atoms with Gasteiger partial charge in [0.2, 0.25) is 0 Å². The number of nitrogens with zero attached hydrogens (tertiary/aromatic N) is 2. The van der Waals surface area contributed by atoms with E-state index < -0.39 is 0 Å². The van der Waals surface area contributed by atoms with Crippen LogP contribution in [0.4, 0.5) is 0 Å². The summed E-state index contributed by atoms with van der Waals surface area (Å²) in [5.41, 5.74) is 0. The summed E-state index contributed by atoms with van der Waals surface area (Å²) >= 11 is 0. The average Bonchev–Trinajstić information content (AvgIpc) is 2.89. The average molecular weight is 303 g/mol. The zero-order valence-electron chi connectivity index (χ0n) is 13.6. The van der Waals surface area contributed by atoms with Crippen molar-refractivity contribution in [2.75, 3.05) is 19.8 Å². The van der Waals surface area contributed by atoms with Gasteiger partial charge >= 0.3 is 0 Å². The second-order valence-electron chi connectivity index (χ2n) is 5.84. The summed E-state index contributed by atoms with van der Waals surface area (Å²) in [5, 5.41) is 0. The summed E-state index contributed by atoms with van der Waals surface area (Å²) in [6.07, 6.45) is 18.7. The van der Waals surface area contributed by atoms with Crippen molar-refractivity contribution in [3.8, 4) is 0 Å². The molecule has 0 N–H and O–H groups in total. The van der Waals surface area contributed by atoms with Gasteiger partial charge in [0.05, 0.1) is 6.67 Å². The summed E-state index contributed by atoms with van der Waals surface area (Å²) in [6, 6.07) is 0. The van der Waals surface area contributed by atoms with E-state index >= 15 is 0 Å². The van der Waals surface area contributed by atoms with Crippen LogP contribution in [0.15, 0.2) is 12.4 Å². The molecule has 0 amide bonds. The molecule has 0 bridgehead atoms. The van der Waals surface area contributed by atoms with Gasteiger partial charge in [0, 0.05) is 25.5 Å². The highest BCUT2D eigenvalue weighted by molar-refractivity contribution is 5.85. The third-order valence-corrected chi connectivity index (χ3v) is 4.06. The summed E-state index contributed by atoms with van der Waals surface area (Å²) in [6.45, 7) is 7.98. The Hall–Kier alpha value is -0.370. The van der Waals surface area contributed by atoms with E-state index in [2.05, 4.69) is 36.0 Å². The smallest absolute Gasteiger partial charge is 0.0893 e. The monoisotopic (exact) mass is 302 g/mol. The van der Waals surface area contributed by atoms with Gasteiger partial charge in [-0.25, -0.2) is 0 Å². The molecule has 0 aliphatic carbocycles. The van der Waals surface area contributed by atoms with E-state index in [0.717, 1.165) is 13.2 Å². The Bertz CT molecular complexity index is 231. The minimum absolute atomic E-state index is 0. The van der Waals surface area contributed by atoms with Crippen LogP contribution >= 0.6 is 12.4 Å². The lowest BCUT2D eigenvalue weighted by Gasteiger charge is -2.19. The van der Waals surface area contributed by atoms with Gasteiger partial charge < -0.3 is 9.80 Å². The third kappa shape index (κ3) is 9.52. The van der Waals surface area contributed by atoms with Crippen LogP contribution in [-0.4, -0.2) is 29.6 Å². The molecule has 120 valence electrons. The Labute approximate surface area is 133 Å². The summed E-state index contributed by atoms with van der Waals surface area (Å²) in [5.74, 6) is 0. The van der Waals surface area contributed by atoms with Crippen molar-refractivity contribution < 1.29 is 0 Å². The van der Waals surface area contributed by atoms with E-state index in [1.165, 1.54) is 70.8 Å². The molecule has 2 nitrogen and oxygen atoms in total. The molecule has 1 rings (SSSR count). The van der Waals surface area contributed by atoms with Gasteiger partial charge in [-0.2, -0.15) is 0 Å². The molecule has 0 saturated carbocycles. The molecule has 0 saturated heterocycles. The molecule has 0 radical (unpaired) electrons. The molecule has 0 atom stereocenters. The highest BCUT2D eigenvalue weighted by atomic mass is 35.5. The Morgan fingerprint density at radius 3 is 1.70 bits per heavy atom. The minimum Gasteiger partial charge on any atom is -0.359 e. The van der Waals surface area contributed by atoms with Gasteiger partial charge in [-0.05, 0) is 13.3 Å². The topological polar surface area (TPSA) is 6.48 Å². The van der Waals surface area contributed by atoms with Crippen molar-refractivity contribution in [2.45, 2.75) is 78.1 Å². The Kier molecular flexibility index (Phi) is 13.4. The lowest BCUT2D eigenvalue weighted by Crippen LogP contribution is -2.25. The molecule has 0 fully saturated rings. The van der Waals surface area contributed by atoms with Gasteiger partial charge in [0.25, 0.3) is 0 Å². The van der Waals surface area contributed by atoms with Gasteiger partial charge in [0.15, 0.2) is 0 Å². The van der Waals surface area contributed by atoms with Crippen molar-refractivity contribution in [2.24, 2.45) is 0 Å². The minimum atomic E-state index is 0. The van der Waals surface area contributed by atoms with E-state index in [-0.39, 0.29) is 12.4 Å². The van der Waals surface area contributed by atoms with E-state index in [1.54, 1.807) is 0 Å². The van der Waals surface area contributed by atoms with E-state index in [9.17, 15) is 0 Å². The standard InChI is InChI=1S/C17H34N2.ClH/c1-3-5-6-7-8-9-10-11-12-13-14-19-16-15-18(4-2)17-19;/h15-16H,3-14,17H2,1-2H3;1H. The molecule has 1 heterocycles. The molecule has 1 aliphatic heterocycles. The summed E-state index contributed by atoms with van der Waals surface area (Å²) < 4.78 is 0. The number of rotatable bonds is 12. The molecular weight excluding hydrogens is 268 g/mol. The largest absolute Gasteiger partial charge is 0.359 e. The lowest BCUT2D eigenvalue weighted by molar-refractivity contribution is 0.268. The van der Waals surface area contributed by atoms with Crippen molar-refractivity contribution in [1.29, 1.82) is 0 Å². The van der Waals surface area contributed by atoms with Crippen molar-refractivity contribution in [3.05, 3.63) is 12.4 Å². The van der Waals surface area contributed by atoms with Crippen molar-refractivity contribution >= 4 is 12.4 Å². The van der Waals surface area contributed by atoms with Gasteiger partial charge in [-0.15, -0.1) is 12.4 Å². The SMILES string of the molecule is CCCCCCCCCCCCN1C=CN(CC)C1.Cl. The second kappa shape index (κ2) is 13.6. The highest BCUT2D eigenvalue weighted by Gasteiger charge is 2.08. The quantitative estimate of drug-likeness (QED) is 0.446. The second-order valence-corrected chi connectivity index (χ2v) is 5.84. The predicted octanol–water partition coefficient (Wildman–Crippen LogP) is 5.40. The number of hydrogen-bond acceptors (Lipinski definition) is 2. The zero-order chi connectivity index (χ0) is 13.8. The Morgan fingerprint density at radius 2 is 1.20 bits per heavy atom. The van der Waals surface area contributed by atoms with E-state index in [1.807, 2.05) is 0 Å². The molecule has 0 aromatic carbocycles. The highest BCUT2D eigenvalue weighted by Crippen LogP contribution is 2.12. The van der Waals surface area contributed by atoms with Crippen LogP contribution in [0, 0.1) is 0 Å². The molecule has 0 spiro atoms.